The third kappa shape index (κ3) is 4.06. The van der Waals surface area contributed by atoms with Crippen LogP contribution in [0.5, 0.6) is 11.5 Å². The van der Waals surface area contributed by atoms with Crippen LogP contribution < -0.4 is 9.47 Å². The number of ether oxygens (including phenoxy) is 2. The first kappa shape index (κ1) is 34.8. The van der Waals surface area contributed by atoms with Gasteiger partial charge < -0.3 is 18.6 Å². The first-order chi connectivity index (χ1) is 26.5. The Morgan fingerprint density at radius 2 is 0.929 bits per heavy atom. The Kier molecular flexibility index (Phi) is 6.67. The highest BCUT2D eigenvalue weighted by Gasteiger charge is 2.59. The fourth-order valence-electron chi connectivity index (χ4n) is 14.1. The van der Waals surface area contributed by atoms with Crippen molar-refractivity contribution < 1.29 is 9.47 Å². The molecular weight excluding hydrogens is 685 g/mol. The van der Waals surface area contributed by atoms with E-state index in [9.17, 15) is 0 Å². The normalized spacial score (nSPS) is 29.2. The van der Waals surface area contributed by atoms with Crippen LogP contribution in [0.25, 0.3) is 43.6 Å². The summed E-state index contributed by atoms with van der Waals surface area (Å²) in [5, 5.41) is 5.51. The number of aromatic nitrogens is 2. The number of hydrogen-bond acceptors (Lipinski definition) is 2. The maximum atomic E-state index is 6.76. The topological polar surface area (TPSA) is 28.3 Å². The van der Waals surface area contributed by atoms with Crippen molar-refractivity contribution in [1.82, 2.24) is 9.13 Å². The van der Waals surface area contributed by atoms with Gasteiger partial charge >= 0.3 is 0 Å². The third-order valence-corrected chi connectivity index (χ3v) is 16.1. The van der Waals surface area contributed by atoms with E-state index in [-0.39, 0.29) is 22.3 Å². The highest BCUT2D eigenvalue weighted by Crippen LogP contribution is 2.66. The zero-order chi connectivity index (χ0) is 39.2. The number of para-hydroxylation sites is 2. The van der Waals surface area contributed by atoms with E-state index < -0.39 is 0 Å². The number of nitrogens with zero attached hydrogens (tertiary/aromatic N) is 2. The largest absolute Gasteiger partial charge is 0.487 e. The SMILES string of the molecule is C=C1CC[C@@H]2[C@H]3c4c(c(C)cc5c6ccccc6n(c45)C2(C)C)OC(C)(C)[C@@H]13.C=C1CC[C@@H]2[C@H]3c4c(c(C)cc5c6ccccc6n(c45)C2(C)C)OC(C)(C)[C@@H]13. The molecule has 0 unspecified atom stereocenters. The summed E-state index contributed by atoms with van der Waals surface area (Å²) in [6.45, 7) is 32.4. The fourth-order valence-corrected chi connectivity index (χ4v) is 14.1. The average Bonchev–Trinajstić information content (AvgIpc) is 3.65. The molecule has 2 aromatic heterocycles. The lowest BCUT2D eigenvalue weighted by Crippen LogP contribution is -2.55. The fraction of sp³-hybridized carbons (Fsp3) is 0.462. The third-order valence-electron chi connectivity index (χ3n) is 16.1. The summed E-state index contributed by atoms with van der Waals surface area (Å²) in [6, 6.07) is 22.6. The van der Waals surface area contributed by atoms with Crippen LogP contribution in [0.2, 0.25) is 0 Å². The van der Waals surface area contributed by atoms with Crippen molar-refractivity contribution in [1.29, 1.82) is 0 Å². The Bertz CT molecular complexity index is 2570. The average molecular weight is 743 g/mol. The van der Waals surface area contributed by atoms with E-state index in [0.29, 0.717) is 35.5 Å². The molecule has 0 spiro atoms. The quantitative estimate of drug-likeness (QED) is 0.145. The van der Waals surface area contributed by atoms with Crippen LogP contribution >= 0.6 is 0 Å². The molecule has 4 heteroatoms. The van der Waals surface area contributed by atoms with Crippen molar-refractivity contribution >= 4 is 43.6 Å². The van der Waals surface area contributed by atoms with Crippen LogP contribution in [0.4, 0.5) is 0 Å². The summed E-state index contributed by atoms with van der Waals surface area (Å²) < 4.78 is 18.8. The molecule has 6 aromatic rings. The minimum Gasteiger partial charge on any atom is -0.487 e. The molecule has 0 N–H and O–H groups in total. The molecule has 288 valence electrons. The molecule has 6 heterocycles. The predicted molar refractivity (Wildman–Crippen MR) is 233 cm³/mol. The lowest BCUT2D eigenvalue weighted by Gasteiger charge is -2.57. The van der Waals surface area contributed by atoms with Gasteiger partial charge in [0.25, 0.3) is 0 Å². The van der Waals surface area contributed by atoms with Crippen LogP contribution in [0.3, 0.4) is 0 Å². The van der Waals surface area contributed by atoms with Crippen molar-refractivity contribution in [2.45, 2.75) is 129 Å². The molecule has 0 amide bonds. The van der Waals surface area contributed by atoms with Crippen molar-refractivity contribution in [3.63, 3.8) is 0 Å². The zero-order valence-electron chi connectivity index (χ0n) is 35.2. The molecule has 2 aliphatic carbocycles. The van der Waals surface area contributed by atoms with Gasteiger partial charge in [-0.2, -0.15) is 0 Å². The first-order valence-electron chi connectivity index (χ1n) is 21.3. The molecule has 6 atom stereocenters. The summed E-state index contributed by atoms with van der Waals surface area (Å²) in [4.78, 5) is 0. The summed E-state index contributed by atoms with van der Waals surface area (Å²) in [5.74, 6) is 5.22. The van der Waals surface area contributed by atoms with Gasteiger partial charge in [-0.1, -0.05) is 60.7 Å². The van der Waals surface area contributed by atoms with E-state index in [1.54, 1.807) is 0 Å². The van der Waals surface area contributed by atoms with E-state index >= 15 is 0 Å². The molecule has 2 saturated carbocycles. The van der Waals surface area contributed by atoms with Crippen LogP contribution in [0.15, 0.2) is 85.0 Å². The van der Waals surface area contributed by atoms with Gasteiger partial charge in [0, 0.05) is 78.5 Å². The van der Waals surface area contributed by atoms with Crippen molar-refractivity contribution in [3.05, 3.63) is 107 Å². The van der Waals surface area contributed by atoms with E-state index in [1.807, 2.05) is 0 Å². The molecule has 4 aliphatic heterocycles. The highest BCUT2D eigenvalue weighted by molar-refractivity contribution is 6.12. The Balaban J connectivity index is 0.000000130. The van der Waals surface area contributed by atoms with Crippen molar-refractivity contribution in [2.75, 3.05) is 0 Å². The van der Waals surface area contributed by atoms with Crippen molar-refractivity contribution in [3.8, 4) is 11.5 Å². The Hall–Kier alpha value is -4.44. The number of rotatable bonds is 0. The van der Waals surface area contributed by atoms with E-state index in [1.165, 1.54) is 89.9 Å². The predicted octanol–water partition coefficient (Wildman–Crippen LogP) is 13.4. The number of benzene rings is 4. The molecule has 2 fully saturated rings. The van der Waals surface area contributed by atoms with Crippen LogP contribution in [0, 0.1) is 37.5 Å². The van der Waals surface area contributed by atoms with Gasteiger partial charge in [-0.25, -0.2) is 0 Å². The summed E-state index contributed by atoms with van der Waals surface area (Å²) in [7, 11) is 0. The molecule has 0 radical (unpaired) electrons. The van der Waals surface area contributed by atoms with Crippen LogP contribution in [-0.4, -0.2) is 20.3 Å². The molecule has 0 bridgehead atoms. The molecule has 4 aromatic carbocycles. The van der Waals surface area contributed by atoms with Gasteiger partial charge in [-0.05, 0) is 142 Å². The Morgan fingerprint density at radius 3 is 1.32 bits per heavy atom. The van der Waals surface area contributed by atoms with Gasteiger partial charge in [0.2, 0.25) is 0 Å². The number of fused-ring (bicyclic) bond motifs is 6. The number of aryl methyl sites for hydroxylation is 2. The monoisotopic (exact) mass is 742 g/mol. The summed E-state index contributed by atoms with van der Waals surface area (Å²) in [5.41, 5.74) is 13.5. The lowest BCUT2D eigenvalue weighted by atomic mass is 9.55. The summed E-state index contributed by atoms with van der Waals surface area (Å²) >= 11 is 0. The molecule has 6 aliphatic rings. The minimum absolute atomic E-state index is 0.0674. The van der Waals surface area contributed by atoms with Crippen LogP contribution in [-0.2, 0) is 11.1 Å². The first-order valence-corrected chi connectivity index (χ1v) is 21.3. The van der Waals surface area contributed by atoms with Gasteiger partial charge in [0.15, 0.2) is 0 Å². The van der Waals surface area contributed by atoms with Gasteiger partial charge in [-0.3, -0.25) is 0 Å². The molecule has 12 rings (SSSR count). The smallest absolute Gasteiger partial charge is 0.128 e. The van der Waals surface area contributed by atoms with Gasteiger partial charge in [0.1, 0.15) is 22.7 Å². The maximum absolute atomic E-state index is 6.76. The standard InChI is InChI=1S/2C26H29NO/c2*1-14-11-12-18-20-21-23-17(13-15(2)24(21)28-26(5,6)22(14)20)16-9-7-8-10-19(16)27(23)25(18,3)4/h2*7-10,13,18,20,22H,1,11-12H2,2-6H3/t2*18-,20+,22+/m11/s1. The number of hydrogen-bond donors (Lipinski definition) is 0. The summed E-state index contributed by atoms with van der Waals surface area (Å²) in [6.07, 6.45) is 4.65. The molecular formula is C52H58N2O2. The second-order valence-corrected chi connectivity index (χ2v) is 20.7. The molecule has 0 saturated heterocycles. The lowest BCUT2D eigenvalue weighted by molar-refractivity contribution is -0.0192. The zero-order valence-corrected chi connectivity index (χ0v) is 35.2. The maximum Gasteiger partial charge on any atom is 0.128 e. The second kappa shape index (κ2) is 10.7. The molecule has 4 nitrogen and oxygen atoms in total. The van der Waals surface area contributed by atoms with E-state index in [2.05, 4.69) is 152 Å². The van der Waals surface area contributed by atoms with E-state index in [4.69, 9.17) is 9.47 Å². The van der Waals surface area contributed by atoms with Crippen molar-refractivity contribution in [2.24, 2.45) is 23.7 Å². The van der Waals surface area contributed by atoms with Gasteiger partial charge in [0.05, 0.1) is 11.0 Å². The van der Waals surface area contributed by atoms with Gasteiger partial charge in [-0.15, -0.1) is 0 Å². The Morgan fingerprint density at radius 1 is 0.554 bits per heavy atom. The molecule has 56 heavy (non-hydrogen) atoms. The van der Waals surface area contributed by atoms with Crippen LogP contribution in [0.1, 0.15) is 115 Å². The second-order valence-electron chi connectivity index (χ2n) is 20.7. The minimum atomic E-state index is -0.212. The Labute approximate surface area is 332 Å². The highest BCUT2D eigenvalue weighted by atomic mass is 16.5. The van der Waals surface area contributed by atoms with E-state index in [0.717, 1.165) is 24.3 Å².